The van der Waals surface area contributed by atoms with Crippen LogP contribution >= 0.6 is 46.4 Å². The van der Waals surface area contributed by atoms with E-state index in [-0.39, 0.29) is 0 Å². The smallest absolute Gasteiger partial charge is 0.356 e. The van der Waals surface area contributed by atoms with Gasteiger partial charge in [-0.1, -0.05) is 34.8 Å². The van der Waals surface area contributed by atoms with E-state index in [9.17, 15) is 26.3 Å². The first-order valence-corrected chi connectivity index (χ1v) is 5.29. The molecule has 0 radical (unpaired) electrons. The molecule has 0 aliphatic heterocycles. The van der Waals surface area contributed by atoms with Gasteiger partial charge in [-0.3, -0.25) is 0 Å². The van der Waals surface area contributed by atoms with Crippen molar-refractivity contribution in [1.82, 2.24) is 0 Å². The van der Waals surface area contributed by atoms with Crippen LogP contribution in [0.4, 0.5) is 26.3 Å². The number of aliphatic hydroxyl groups is 1. The van der Waals surface area contributed by atoms with Crippen LogP contribution in [0, 0.1) is 0 Å². The summed E-state index contributed by atoms with van der Waals surface area (Å²) < 4.78 is 74.9. The van der Waals surface area contributed by atoms with E-state index in [0.29, 0.717) is 0 Å². The van der Waals surface area contributed by atoms with Crippen molar-refractivity contribution in [3.05, 3.63) is 0 Å². The summed E-state index contributed by atoms with van der Waals surface area (Å²) in [6, 6.07) is 0. The zero-order valence-electron chi connectivity index (χ0n) is 7.30. The number of alkyl halides is 10. The molecule has 0 spiro atoms. The van der Waals surface area contributed by atoms with Crippen LogP contribution in [-0.4, -0.2) is 37.6 Å². The Labute approximate surface area is 111 Å². The minimum atomic E-state index is -5.92. The van der Waals surface area contributed by atoms with Crippen molar-refractivity contribution in [1.29, 1.82) is 0 Å². The molecule has 0 heterocycles. The predicted octanol–water partition coefficient (Wildman–Crippen LogP) is 3.61. The van der Waals surface area contributed by atoms with Crippen molar-refractivity contribution in [2.75, 3.05) is 0 Å². The van der Waals surface area contributed by atoms with Crippen LogP contribution in [0.2, 0.25) is 0 Å². The van der Waals surface area contributed by atoms with Crippen molar-refractivity contribution in [3.63, 3.8) is 0 Å². The summed E-state index contributed by atoms with van der Waals surface area (Å²) >= 11 is 19.3. The molecular formula is C6H2Cl4F6O. The van der Waals surface area contributed by atoms with Gasteiger partial charge >= 0.3 is 11.8 Å². The molecule has 0 amide bonds. The van der Waals surface area contributed by atoms with Gasteiger partial charge in [-0.05, 0) is 0 Å². The molecule has 1 aliphatic carbocycles. The number of hydrogen-bond donors (Lipinski definition) is 1. The summed E-state index contributed by atoms with van der Waals surface area (Å²) in [6.07, 6.45) is 0. The van der Waals surface area contributed by atoms with Crippen LogP contribution in [0.15, 0.2) is 0 Å². The predicted molar refractivity (Wildman–Crippen MR) is 49.7 cm³/mol. The van der Waals surface area contributed by atoms with Crippen LogP contribution in [-0.2, 0) is 0 Å². The molecule has 1 saturated carbocycles. The second kappa shape index (κ2) is 3.62. The highest BCUT2D eigenvalue weighted by molar-refractivity contribution is 6.57. The standard InChI is InChI=1S/C6H2Cl4F6O/c7-1-2(8,9)4(10,12)6(15,16)5(13,14)3(1,11)17/h1,17H. The fourth-order valence-electron chi connectivity index (χ4n) is 1.19. The molecule has 1 N–H and O–H groups in total. The van der Waals surface area contributed by atoms with Gasteiger partial charge in [0, 0.05) is 0 Å². The Hall–Kier alpha value is 0.700. The van der Waals surface area contributed by atoms with Crippen molar-refractivity contribution < 1.29 is 31.4 Å². The molecule has 0 bridgehead atoms. The molecule has 102 valence electrons. The van der Waals surface area contributed by atoms with Crippen LogP contribution in [0.3, 0.4) is 0 Å². The van der Waals surface area contributed by atoms with Gasteiger partial charge in [0.15, 0.2) is 4.33 Å². The van der Waals surface area contributed by atoms with Gasteiger partial charge in [0.1, 0.15) is 5.38 Å². The monoisotopic (exact) mass is 344 g/mol. The SMILES string of the molecule is OC1(F)C(Cl)C(Cl)(Cl)C(F)(Cl)C(F)(F)C1(F)F. The molecular weight excluding hydrogens is 344 g/mol. The molecule has 0 aromatic carbocycles. The van der Waals surface area contributed by atoms with E-state index in [1.165, 1.54) is 0 Å². The van der Waals surface area contributed by atoms with Crippen molar-refractivity contribution in [3.8, 4) is 0 Å². The van der Waals surface area contributed by atoms with E-state index in [1.807, 2.05) is 0 Å². The van der Waals surface area contributed by atoms with Gasteiger partial charge in [0.05, 0.1) is 0 Å². The van der Waals surface area contributed by atoms with E-state index in [0.717, 1.165) is 0 Å². The van der Waals surface area contributed by atoms with Crippen molar-refractivity contribution in [2.45, 2.75) is 32.5 Å². The van der Waals surface area contributed by atoms with Crippen molar-refractivity contribution >= 4 is 46.4 Å². The molecule has 1 rings (SSSR count). The Morgan fingerprint density at radius 3 is 1.53 bits per heavy atom. The molecule has 11 heteroatoms. The highest BCUT2D eigenvalue weighted by atomic mass is 35.5. The number of hydrogen-bond acceptors (Lipinski definition) is 1. The van der Waals surface area contributed by atoms with Crippen LogP contribution in [0.1, 0.15) is 0 Å². The minimum Gasteiger partial charge on any atom is -0.356 e. The lowest BCUT2D eigenvalue weighted by Crippen LogP contribution is -2.78. The topological polar surface area (TPSA) is 20.2 Å². The lowest BCUT2D eigenvalue weighted by molar-refractivity contribution is -0.374. The van der Waals surface area contributed by atoms with E-state index in [1.54, 1.807) is 0 Å². The second-order valence-corrected chi connectivity index (χ2v) is 5.73. The quantitative estimate of drug-likeness (QED) is 0.525. The summed E-state index contributed by atoms with van der Waals surface area (Å²) in [5, 5.41) is 0.742. The van der Waals surface area contributed by atoms with Gasteiger partial charge in [0.2, 0.25) is 0 Å². The molecule has 0 saturated heterocycles. The fraction of sp³-hybridized carbons (Fsp3) is 1.00. The summed E-state index contributed by atoms with van der Waals surface area (Å²) in [6.45, 7) is 0. The Morgan fingerprint density at radius 2 is 1.18 bits per heavy atom. The molecule has 3 atom stereocenters. The second-order valence-electron chi connectivity index (χ2n) is 3.38. The van der Waals surface area contributed by atoms with E-state index in [2.05, 4.69) is 11.6 Å². The first kappa shape index (κ1) is 15.8. The molecule has 1 aliphatic rings. The molecule has 1 nitrogen and oxygen atoms in total. The van der Waals surface area contributed by atoms with Gasteiger partial charge < -0.3 is 5.11 Å². The lowest BCUT2D eigenvalue weighted by Gasteiger charge is -2.51. The van der Waals surface area contributed by atoms with Gasteiger partial charge in [-0.2, -0.15) is 17.6 Å². The summed E-state index contributed by atoms with van der Waals surface area (Å²) in [5.74, 6) is -16.9. The minimum absolute atomic E-state index is 3.13. The fourth-order valence-corrected chi connectivity index (χ4v) is 2.28. The third-order valence-electron chi connectivity index (χ3n) is 2.30. The highest BCUT2D eigenvalue weighted by Crippen LogP contribution is 2.67. The first-order chi connectivity index (χ1) is 7.15. The summed E-state index contributed by atoms with van der Waals surface area (Å²) in [4.78, 5) is 0. The van der Waals surface area contributed by atoms with E-state index in [4.69, 9.17) is 39.9 Å². The third kappa shape index (κ3) is 1.52. The molecule has 0 aromatic rings. The molecule has 0 aromatic heterocycles. The van der Waals surface area contributed by atoms with E-state index < -0.39 is 32.5 Å². The largest absolute Gasteiger partial charge is 0.373 e. The zero-order valence-corrected chi connectivity index (χ0v) is 10.3. The normalized spacial score (nSPS) is 47.8. The first-order valence-electron chi connectivity index (χ1n) is 3.72. The maximum atomic E-state index is 13.4. The van der Waals surface area contributed by atoms with Gasteiger partial charge in [-0.15, -0.1) is 11.6 Å². The maximum Gasteiger partial charge on any atom is 0.373 e. The molecule has 17 heavy (non-hydrogen) atoms. The zero-order chi connectivity index (χ0) is 14.1. The Balaban J connectivity index is 3.56. The Bertz CT molecular complexity index is 313. The molecule has 1 fully saturated rings. The maximum absolute atomic E-state index is 13.4. The van der Waals surface area contributed by atoms with Crippen LogP contribution in [0.5, 0.6) is 0 Å². The van der Waals surface area contributed by atoms with Gasteiger partial charge in [0.25, 0.3) is 11.0 Å². The van der Waals surface area contributed by atoms with Crippen LogP contribution in [0.25, 0.3) is 0 Å². The Kier molecular flexibility index (Phi) is 3.36. The van der Waals surface area contributed by atoms with Crippen molar-refractivity contribution in [2.24, 2.45) is 0 Å². The average molecular weight is 346 g/mol. The highest BCUT2D eigenvalue weighted by Gasteiger charge is 2.91. The van der Waals surface area contributed by atoms with Crippen LogP contribution < -0.4 is 0 Å². The lowest BCUT2D eigenvalue weighted by atomic mass is 9.84. The van der Waals surface area contributed by atoms with E-state index >= 15 is 0 Å². The molecule has 3 unspecified atom stereocenters. The Morgan fingerprint density at radius 1 is 0.824 bits per heavy atom. The van der Waals surface area contributed by atoms with Gasteiger partial charge in [-0.25, -0.2) is 8.78 Å². The average Bonchev–Trinajstić information content (AvgIpc) is 2.13. The third-order valence-corrected chi connectivity index (χ3v) is 4.83. The number of halogens is 10. The number of rotatable bonds is 0. The summed E-state index contributed by atoms with van der Waals surface area (Å²) in [5.41, 5.74) is 0. The summed E-state index contributed by atoms with van der Waals surface area (Å²) in [7, 11) is 0.